The topological polar surface area (TPSA) is 58.6 Å². The van der Waals surface area contributed by atoms with E-state index in [1.165, 1.54) is 11.3 Å². The van der Waals surface area contributed by atoms with E-state index in [2.05, 4.69) is 5.32 Å². The molecular weight excluding hydrogens is 250 g/mol. The zero-order valence-corrected chi connectivity index (χ0v) is 12.1. The molecule has 1 aromatic rings. The van der Waals surface area contributed by atoms with Crippen molar-refractivity contribution in [3.63, 3.8) is 0 Å². The Morgan fingerprint density at radius 2 is 2.22 bits per heavy atom. The van der Waals surface area contributed by atoms with Crippen LogP contribution in [0.5, 0.6) is 0 Å². The van der Waals surface area contributed by atoms with E-state index in [4.69, 9.17) is 4.74 Å². The summed E-state index contributed by atoms with van der Waals surface area (Å²) < 4.78 is 5.24. The molecule has 4 nitrogen and oxygen atoms in total. The number of hydrogen-bond donors (Lipinski definition) is 2. The van der Waals surface area contributed by atoms with Crippen molar-refractivity contribution in [2.45, 2.75) is 45.4 Å². The van der Waals surface area contributed by atoms with E-state index in [1.54, 1.807) is 6.92 Å². The van der Waals surface area contributed by atoms with Crippen LogP contribution in [0.2, 0.25) is 0 Å². The Hall–Kier alpha value is -0.910. The van der Waals surface area contributed by atoms with Crippen LogP contribution in [0.1, 0.15) is 39.4 Å². The summed E-state index contributed by atoms with van der Waals surface area (Å²) in [6.07, 6.45) is -0.596. The molecule has 0 amide bonds. The lowest BCUT2D eigenvalue weighted by atomic mass is 10.2. The first kappa shape index (κ1) is 15.1. The van der Waals surface area contributed by atoms with Crippen LogP contribution in [-0.2, 0) is 9.53 Å². The summed E-state index contributed by atoms with van der Waals surface area (Å²) in [5, 5.41) is 16.6. The number of hydrogen-bond acceptors (Lipinski definition) is 5. The highest BCUT2D eigenvalue weighted by molar-refractivity contribution is 7.07. The highest BCUT2D eigenvalue weighted by atomic mass is 32.1. The fourth-order valence-electron chi connectivity index (χ4n) is 1.34. The number of aliphatic hydroxyl groups is 1. The van der Waals surface area contributed by atoms with E-state index in [1.807, 2.05) is 37.6 Å². The second kappa shape index (κ2) is 6.31. The molecule has 1 heterocycles. The van der Waals surface area contributed by atoms with Crippen molar-refractivity contribution in [1.29, 1.82) is 0 Å². The second-order valence-electron chi connectivity index (χ2n) is 5.24. The van der Waals surface area contributed by atoms with Gasteiger partial charge in [0.15, 0.2) is 0 Å². The Balaban J connectivity index is 2.37. The predicted octanol–water partition coefficient (Wildman–Crippen LogP) is 2.10. The van der Waals surface area contributed by atoms with Crippen molar-refractivity contribution in [2.75, 3.05) is 6.54 Å². The lowest BCUT2D eigenvalue weighted by molar-refractivity contribution is -0.157. The molecule has 18 heavy (non-hydrogen) atoms. The second-order valence-corrected chi connectivity index (χ2v) is 6.02. The average Bonchev–Trinajstić information content (AvgIpc) is 2.76. The van der Waals surface area contributed by atoms with Gasteiger partial charge in [0.2, 0.25) is 0 Å². The van der Waals surface area contributed by atoms with E-state index in [0.29, 0.717) is 6.54 Å². The molecule has 0 aliphatic heterocycles. The molecule has 0 aromatic carbocycles. The summed E-state index contributed by atoms with van der Waals surface area (Å²) in [4.78, 5) is 11.7. The Bertz CT molecular complexity index is 370. The molecule has 0 aliphatic carbocycles. The fourth-order valence-corrected chi connectivity index (χ4v) is 2.05. The van der Waals surface area contributed by atoms with Crippen molar-refractivity contribution >= 4 is 17.3 Å². The third-order valence-corrected chi connectivity index (χ3v) is 3.01. The van der Waals surface area contributed by atoms with Gasteiger partial charge in [-0.15, -0.1) is 0 Å². The molecular formula is C13H21NO3S. The molecule has 102 valence electrons. The normalized spacial score (nSPS) is 15.2. The first-order chi connectivity index (χ1) is 8.29. The molecule has 0 fully saturated rings. The maximum absolute atomic E-state index is 11.7. The van der Waals surface area contributed by atoms with Gasteiger partial charge < -0.3 is 15.2 Å². The fraction of sp³-hybridized carbons (Fsp3) is 0.615. The molecule has 1 aromatic heterocycles. The first-order valence-corrected chi connectivity index (χ1v) is 6.90. The van der Waals surface area contributed by atoms with Gasteiger partial charge in [-0.3, -0.25) is 4.79 Å². The maximum atomic E-state index is 11.7. The van der Waals surface area contributed by atoms with Crippen molar-refractivity contribution < 1.29 is 14.6 Å². The Morgan fingerprint density at radius 1 is 1.56 bits per heavy atom. The smallest absolute Gasteiger partial charge is 0.323 e. The van der Waals surface area contributed by atoms with Gasteiger partial charge in [-0.2, -0.15) is 11.3 Å². The summed E-state index contributed by atoms with van der Waals surface area (Å²) in [7, 11) is 0. The van der Waals surface area contributed by atoms with Gasteiger partial charge in [0.05, 0.1) is 6.10 Å². The zero-order chi connectivity index (χ0) is 13.8. The van der Waals surface area contributed by atoms with Crippen molar-refractivity contribution in [3.05, 3.63) is 22.4 Å². The Morgan fingerprint density at radius 3 is 2.72 bits per heavy atom. The van der Waals surface area contributed by atoms with Crippen molar-refractivity contribution in [2.24, 2.45) is 0 Å². The molecule has 0 spiro atoms. The highest BCUT2D eigenvalue weighted by Crippen LogP contribution is 2.15. The van der Waals surface area contributed by atoms with Crippen LogP contribution < -0.4 is 5.32 Å². The van der Waals surface area contributed by atoms with Gasteiger partial charge in [-0.05, 0) is 50.1 Å². The van der Waals surface area contributed by atoms with Gasteiger partial charge >= 0.3 is 5.97 Å². The summed E-state index contributed by atoms with van der Waals surface area (Å²) in [5.41, 5.74) is 0.378. The predicted molar refractivity (Wildman–Crippen MR) is 72.6 cm³/mol. The average molecular weight is 271 g/mol. The third-order valence-electron chi connectivity index (χ3n) is 2.31. The molecule has 2 N–H and O–H groups in total. The quantitative estimate of drug-likeness (QED) is 0.805. The van der Waals surface area contributed by atoms with Crippen LogP contribution in [-0.4, -0.2) is 29.3 Å². The number of nitrogens with one attached hydrogen (secondary N) is 1. The van der Waals surface area contributed by atoms with Crippen LogP contribution in [0.25, 0.3) is 0 Å². The monoisotopic (exact) mass is 271 g/mol. The number of carbonyl (C=O) groups excluding carboxylic acids is 1. The molecule has 5 heteroatoms. The van der Waals surface area contributed by atoms with Gasteiger partial charge in [0.25, 0.3) is 0 Å². The highest BCUT2D eigenvalue weighted by Gasteiger charge is 2.22. The lowest BCUT2D eigenvalue weighted by Crippen LogP contribution is -2.40. The number of carbonyl (C=O) groups is 1. The number of ether oxygens (including phenoxy) is 1. The molecule has 0 radical (unpaired) electrons. The SMILES string of the molecule is CC(NCC(O)c1ccsc1)C(=O)OC(C)(C)C. The number of aliphatic hydroxyl groups excluding tert-OH is 1. The number of rotatable bonds is 5. The summed E-state index contributed by atoms with van der Waals surface area (Å²) in [5.74, 6) is -0.306. The minimum atomic E-state index is -0.596. The van der Waals surface area contributed by atoms with E-state index in [-0.39, 0.29) is 5.97 Å². The van der Waals surface area contributed by atoms with Gasteiger partial charge in [0.1, 0.15) is 11.6 Å². The van der Waals surface area contributed by atoms with E-state index < -0.39 is 17.7 Å². The van der Waals surface area contributed by atoms with Gasteiger partial charge in [-0.1, -0.05) is 0 Å². The summed E-state index contributed by atoms with van der Waals surface area (Å²) >= 11 is 1.54. The van der Waals surface area contributed by atoms with Crippen LogP contribution >= 0.6 is 11.3 Å². The molecule has 0 saturated carbocycles. The third kappa shape index (κ3) is 5.16. The van der Waals surface area contributed by atoms with Crippen LogP contribution in [0.15, 0.2) is 16.8 Å². The van der Waals surface area contributed by atoms with E-state index >= 15 is 0 Å². The molecule has 2 atom stereocenters. The van der Waals surface area contributed by atoms with Gasteiger partial charge in [-0.25, -0.2) is 0 Å². The van der Waals surface area contributed by atoms with Crippen molar-refractivity contribution in [3.8, 4) is 0 Å². The molecule has 0 aliphatic rings. The summed E-state index contributed by atoms with van der Waals surface area (Å²) in [6.45, 7) is 7.55. The van der Waals surface area contributed by atoms with Gasteiger partial charge in [0, 0.05) is 6.54 Å². The molecule has 0 bridgehead atoms. The molecule has 1 rings (SSSR count). The number of thiophene rings is 1. The summed E-state index contributed by atoms with van der Waals surface area (Å²) in [6, 6.07) is 1.44. The largest absolute Gasteiger partial charge is 0.459 e. The van der Waals surface area contributed by atoms with Crippen LogP contribution in [0.4, 0.5) is 0 Å². The lowest BCUT2D eigenvalue weighted by Gasteiger charge is -2.23. The van der Waals surface area contributed by atoms with E-state index in [0.717, 1.165) is 5.56 Å². The minimum absolute atomic E-state index is 0.306. The Labute approximate surface area is 112 Å². The zero-order valence-electron chi connectivity index (χ0n) is 11.3. The molecule has 2 unspecified atom stereocenters. The molecule has 0 saturated heterocycles. The maximum Gasteiger partial charge on any atom is 0.323 e. The number of esters is 1. The minimum Gasteiger partial charge on any atom is -0.459 e. The van der Waals surface area contributed by atoms with Crippen molar-refractivity contribution in [1.82, 2.24) is 5.32 Å². The standard InChI is InChI=1S/C13H21NO3S/c1-9(12(16)17-13(2,3)4)14-7-11(15)10-5-6-18-8-10/h5-6,8-9,11,14-15H,7H2,1-4H3. The van der Waals surface area contributed by atoms with Crippen LogP contribution in [0.3, 0.4) is 0 Å². The van der Waals surface area contributed by atoms with Crippen LogP contribution in [0, 0.1) is 0 Å². The van der Waals surface area contributed by atoms with E-state index in [9.17, 15) is 9.90 Å². The first-order valence-electron chi connectivity index (χ1n) is 5.96. The Kier molecular flexibility index (Phi) is 5.31.